The van der Waals surface area contributed by atoms with Gasteiger partial charge >= 0.3 is 11.8 Å². The Kier molecular flexibility index (Phi) is 9.43. The van der Waals surface area contributed by atoms with Gasteiger partial charge < -0.3 is 29.6 Å². The Bertz CT molecular complexity index is 1050. The summed E-state index contributed by atoms with van der Waals surface area (Å²) < 4.78 is 21.4. The van der Waals surface area contributed by atoms with Gasteiger partial charge in [-0.1, -0.05) is 0 Å². The van der Waals surface area contributed by atoms with Gasteiger partial charge in [-0.15, -0.1) is 0 Å². The third kappa shape index (κ3) is 8.00. The number of anilines is 1. The van der Waals surface area contributed by atoms with Crippen molar-refractivity contribution in [3.8, 4) is 17.2 Å². The molecule has 1 aliphatic heterocycles. The van der Waals surface area contributed by atoms with Crippen LogP contribution in [0.4, 0.5) is 5.69 Å². The summed E-state index contributed by atoms with van der Waals surface area (Å²) in [5, 5.41) is 9.04. The van der Waals surface area contributed by atoms with E-state index in [1.807, 2.05) is 0 Å². The highest BCUT2D eigenvalue weighted by atomic mass is 16.5. The highest BCUT2D eigenvalue weighted by Crippen LogP contribution is 2.27. The molecule has 2 aromatic rings. The lowest BCUT2D eigenvalue weighted by Gasteiger charge is -2.12. The van der Waals surface area contributed by atoms with E-state index in [0.29, 0.717) is 35.1 Å². The van der Waals surface area contributed by atoms with Crippen LogP contribution in [0.3, 0.4) is 0 Å². The summed E-state index contributed by atoms with van der Waals surface area (Å²) in [4.78, 5) is 35.9. The number of benzene rings is 2. The number of carbonyl (C=O) groups excluding carboxylic acids is 3. The van der Waals surface area contributed by atoms with Gasteiger partial charge in [0, 0.05) is 18.8 Å². The fourth-order valence-electron chi connectivity index (χ4n) is 3.21. The van der Waals surface area contributed by atoms with Gasteiger partial charge in [-0.05, 0) is 60.9 Å². The molecule has 0 radical (unpaired) electrons. The molecule has 1 saturated heterocycles. The molecule has 3 amide bonds. The Labute approximate surface area is 202 Å². The van der Waals surface area contributed by atoms with Crippen LogP contribution in [0.5, 0.6) is 17.2 Å². The Morgan fingerprint density at radius 2 is 1.86 bits per heavy atom. The molecule has 35 heavy (non-hydrogen) atoms. The maximum absolute atomic E-state index is 12.2. The minimum absolute atomic E-state index is 0.0584. The SMILES string of the molecule is COc1ccc(NC(=O)COc2ccc(/C=N\NC(=O)C(=O)NC[C@@H]3CCCO3)cc2OC)cc1. The maximum atomic E-state index is 12.2. The van der Waals surface area contributed by atoms with Crippen LogP contribution >= 0.6 is 0 Å². The summed E-state index contributed by atoms with van der Waals surface area (Å²) in [7, 11) is 3.02. The lowest BCUT2D eigenvalue weighted by Crippen LogP contribution is -2.41. The van der Waals surface area contributed by atoms with Crippen molar-refractivity contribution in [2.24, 2.45) is 5.10 Å². The van der Waals surface area contributed by atoms with Crippen LogP contribution in [-0.2, 0) is 19.1 Å². The zero-order valence-corrected chi connectivity index (χ0v) is 19.5. The molecule has 0 saturated carbocycles. The first-order chi connectivity index (χ1) is 17.0. The Morgan fingerprint density at radius 3 is 2.54 bits per heavy atom. The van der Waals surface area contributed by atoms with Gasteiger partial charge in [0.25, 0.3) is 5.91 Å². The number of amides is 3. The summed E-state index contributed by atoms with van der Waals surface area (Å²) in [6.07, 6.45) is 3.10. The van der Waals surface area contributed by atoms with Gasteiger partial charge in [0.05, 0.1) is 26.5 Å². The second-order valence-corrected chi connectivity index (χ2v) is 7.52. The van der Waals surface area contributed by atoms with Gasteiger partial charge in [-0.25, -0.2) is 5.43 Å². The molecule has 0 spiro atoms. The number of methoxy groups -OCH3 is 2. The summed E-state index contributed by atoms with van der Waals surface area (Å²) in [5.41, 5.74) is 3.37. The van der Waals surface area contributed by atoms with E-state index in [0.717, 1.165) is 12.8 Å². The monoisotopic (exact) mass is 484 g/mol. The average molecular weight is 485 g/mol. The predicted octanol–water partition coefficient (Wildman–Crippen LogP) is 1.47. The molecular formula is C24H28N4O7. The van der Waals surface area contributed by atoms with E-state index in [1.165, 1.54) is 13.3 Å². The van der Waals surface area contributed by atoms with Crippen LogP contribution in [-0.4, -0.2) is 64.0 Å². The van der Waals surface area contributed by atoms with Crippen molar-refractivity contribution >= 4 is 29.6 Å². The molecule has 11 nitrogen and oxygen atoms in total. The fourth-order valence-corrected chi connectivity index (χ4v) is 3.21. The van der Waals surface area contributed by atoms with Crippen LogP contribution < -0.4 is 30.3 Å². The number of nitrogens with one attached hydrogen (secondary N) is 3. The molecule has 3 rings (SSSR count). The quantitative estimate of drug-likeness (QED) is 0.264. The van der Waals surface area contributed by atoms with E-state index in [-0.39, 0.29) is 25.2 Å². The third-order valence-electron chi connectivity index (χ3n) is 5.02. The molecule has 0 bridgehead atoms. The molecule has 1 heterocycles. The first-order valence-electron chi connectivity index (χ1n) is 11.0. The number of ether oxygens (including phenoxy) is 4. The Morgan fingerprint density at radius 1 is 1.06 bits per heavy atom. The Balaban J connectivity index is 1.46. The normalized spacial score (nSPS) is 14.9. The zero-order chi connectivity index (χ0) is 25.0. The molecule has 0 unspecified atom stereocenters. The van der Waals surface area contributed by atoms with E-state index in [4.69, 9.17) is 18.9 Å². The fraction of sp³-hybridized carbons (Fsp3) is 0.333. The molecule has 1 fully saturated rings. The molecule has 1 aliphatic rings. The van der Waals surface area contributed by atoms with Crippen LogP contribution in [0.25, 0.3) is 0 Å². The molecular weight excluding hydrogens is 456 g/mol. The van der Waals surface area contributed by atoms with E-state index < -0.39 is 11.8 Å². The van der Waals surface area contributed by atoms with E-state index in [2.05, 4.69) is 21.2 Å². The predicted molar refractivity (Wildman–Crippen MR) is 128 cm³/mol. The van der Waals surface area contributed by atoms with Crippen molar-refractivity contribution in [1.82, 2.24) is 10.7 Å². The second-order valence-electron chi connectivity index (χ2n) is 7.52. The van der Waals surface area contributed by atoms with Crippen LogP contribution in [0, 0.1) is 0 Å². The molecule has 0 aromatic heterocycles. The van der Waals surface area contributed by atoms with Gasteiger partial charge in [-0.3, -0.25) is 14.4 Å². The van der Waals surface area contributed by atoms with Gasteiger partial charge in [0.1, 0.15) is 5.75 Å². The van der Waals surface area contributed by atoms with Crippen molar-refractivity contribution in [2.45, 2.75) is 18.9 Å². The van der Waals surface area contributed by atoms with Gasteiger partial charge in [0.2, 0.25) is 0 Å². The first kappa shape index (κ1) is 25.5. The van der Waals surface area contributed by atoms with E-state index in [9.17, 15) is 14.4 Å². The maximum Gasteiger partial charge on any atom is 0.329 e. The van der Waals surface area contributed by atoms with Crippen LogP contribution in [0.15, 0.2) is 47.6 Å². The lowest BCUT2D eigenvalue weighted by atomic mass is 10.2. The number of nitrogens with zero attached hydrogens (tertiary/aromatic N) is 1. The minimum Gasteiger partial charge on any atom is -0.497 e. The number of carbonyl (C=O) groups is 3. The standard InChI is InChI=1S/C24H28N4O7/c1-32-18-8-6-17(7-9-18)27-22(29)15-35-20-10-5-16(12-21(20)33-2)13-26-28-24(31)23(30)25-14-19-4-3-11-34-19/h5-10,12-13,19H,3-4,11,14-15H2,1-2H3,(H,25,30)(H,27,29)(H,28,31)/b26-13-/t19-/m0/s1. The minimum atomic E-state index is -0.881. The highest BCUT2D eigenvalue weighted by molar-refractivity contribution is 6.35. The summed E-state index contributed by atoms with van der Waals surface area (Å²) in [5.74, 6) is -0.604. The molecule has 186 valence electrons. The number of hydrogen-bond donors (Lipinski definition) is 3. The number of hydrogen-bond acceptors (Lipinski definition) is 8. The zero-order valence-electron chi connectivity index (χ0n) is 19.5. The summed E-state index contributed by atoms with van der Waals surface area (Å²) >= 11 is 0. The lowest BCUT2D eigenvalue weighted by molar-refractivity contribution is -0.139. The van der Waals surface area contributed by atoms with Crippen LogP contribution in [0.1, 0.15) is 18.4 Å². The van der Waals surface area contributed by atoms with Crippen molar-refractivity contribution in [1.29, 1.82) is 0 Å². The van der Waals surface area contributed by atoms with Crippen molar-refractivity contribution in [3.63, 3.8) is 0 Å². The van der Waals surface area contributed by atoms with E-state index >= 15 is 0 Å². The molecule has 0 aliphatic carbocycles. The van der Waals surface area contributed by atoms with Crippen molar-refractivity contribution < 1.29 is 33.3 Å². The largest absolute Gasteiger partial charge is 0.497 e. The Hall–Kier alpha value is -4.12. The molecule has 1 atom stereocenters. The van der Waals surface area contributed by atoms with E-state index in [1.54, 1.807) is 49.6 Å². The molecule has 11 heteroatoms. The van der Waals surface area contributed by atoms with Crippen molar-refractivity contribution in [2.75, 3.05) is 39.3 Å². The van der Waals surface area contributed by atoms with Gasteiger partial charge in [0.15, 0.2) is 18.1 Å². The molecule has 2 aromatic carbocycles. The number of hydrazone groups is 1. The summed E-state index contributed by atoms with van der Waals surface area (Å²) in [6, 6.07) is 11.8. The number of rotatable bonds is 10. The smallest absolute Gasteiger partial charge is 0.329 e. The second kappa shape index (κ2) is 12.9. The summed E-state index contributed by atoms with van der Waals surface area (Å²) in [6.45, 7) is 0.723. The van der Waals surface area contributed by atoms with Gasteiger partial charge in [-0.2, -0.15) is 5.10 Å². The first-order valence-corrected chi connectivity index (χ1v) is 11.0. The van der Waals surface area contributed by atoms with Crippen LogP contribution in [0.2, 0.25) is 0 Å². The highest BCUT2D eigenvalue weighted by Gasteiger charge is 2.19. The average Bonchev–Trinajstić information content (AvgIpc) is 3.40. The third-order valence-corrected chi connectivity index (χ3v) is 5.02. The molecule has 3 N–H and O–H groups in total. The van der Waals surface area contributed by atoms with Crippen molar-refractivity contribution in [3.05, 3.63) is 48.0 Å². The topological polar surface area (TPSA) is 137 Å².